The molecule has 1 aliphatic rings. The lowest BCUT2D eigenvalue weighted by atomic mass is 9.87. The van der Waals surface area contributed by atoms with Gasteiger partial charge in [0.1, 0.15) is 10.6 Å². The van der Waals surface area contributed by atoms with Crippen LogP contribution in [0.1, 0.15) is 60.2 Å². The van der Waals surface area contributed by atoms with Gasteiger partial charge in [-0.05, 0) is 68.1 Å². The van der Waals surface area contributed by atoms with Crippen LogP contribution in [0.5, 0.6) is 5.75 Å². The maximum absolute atomic E-state index is 13.1. The summed E-state index contributed by atoms with van der Waals surface area (Å²) < 4.78 is 34.3. The van der Waals surface area contributed by atoms with Crippen molar-refractivity contribution in [1.29, 1.82) is 0 Å². The number of rotatable bonds is 7. The van der Waals surface area contributed by atoms with Gasteiger partial charge in [0.2, 0.25) is 10.0 Å². The molecule has 2 aromatic carbocycles. The second kappa shape index (κ2) is 9.62. The molecule has 2 unspecified atom stereocenters. The maximum atomic E-state index is 13.1. The molecule has 7 nitrogen and oxygen atoms in total. The van der Waals surface area contributed by atoms with Gasteiger partial charge in [0.05, 0.1) is 7.11 Å². The van der Waals surface area contributed by atoms with Crippen molar-refractivity contribution in [2.24, 2.45) is 5.92 Å². The molecular formula is C23H28N2O5S. The van der Waals surface area contributed by atoms with Crippen molar-refractivity contribution in [2.45, 2.75) is 50.5 Å². The first-order valence-electron chi connectivity index (χ1n) is 10.3. The molecule has 0 heterocycles. The largest absolute Gasteiger partial charge is 0.495 e. The Morgan fingerprint density at radius 2 is 1.65 bits per heavy atom. The molecule has 0 spiro atoms. The van der Waals surface area contributed by atoms with Gasteiger partial charge in [-0.1, -0.05) is 19.8 Å². The predicted octanol–water partition coefficient (Wildman–Crippen LogP) is 4.01. The highest BCUT2D eigenvalue weighted by Crippen LogP contribution is 2.29. The minimum atomic E-state index is -3.87. The summed E-state index contributed by atoms with van der Waals surface area (Å²) in [7, 11) is -2.48. The van der Waals surface area contributed by atoms with Gasteiger partial charge in [0.25, 0.3) is 5.91 Å². The van der Waals surface area contributed by atoms with E-state index >= 15 is 0 Å². The van der Waals surface area contributed by atoms with Gasteiger partial charge in [-0.25, -0.2) is 13.1 Å². The van der Waals surface area contributed by atoms with Crippen LogP contribution in [-0.4, -0.2) is 33.3 Å². The van der Waals surface area contributed by atoms with Crippen LogP contribution >= 0.6 is 0 Å². The summed E-state index contributed by atoms with van der Waals surface area (Å²) in [5, 5.41) is 2.72. The Bertz CT molecular complexity index is 1060. The molecule has 31 heavy (non-hydrogen) atoms. The number of Topliss-reactive ketones (excluding diaryl/α,β-unsaturated/α-hetero) is 1. The third-order valence-corrected chi connectivity index (χ3v) is 7.19. The molecule has 2 aromatic rings. The third-order valence-electron chi connectivity index (χ3n) is 5.68. The van der Waals surface area contributed by atoms with Crippen LogP contribution in [-0.2, 0) is 10.0 Å². The summed E-state index contributed by atoms with van der Waals surface area (Å²) in [6.45, 7) is 3.51. The Hall–Kier alpha value is -2.71. The Labute approximate surface area is 183 Å². The van der Waals surface area contributed by atoms with Crippen LogP contribution < -0.4 is 14.8 Å². The van der Waals surface area contributed by atoms with Crippen molar-refractivity contribution in [3.8, 4) is 5.75 Å². The molecule has 2 atom stereocenters. The quantitative estimate of drug-likeness (QED) is 0.629. The molecule has 2 N–H and O–H groups in total. The van der Waals surface area contributed by atoms with Gasteiger partial charge in [-0.15, -0.1) is 0 Å². The summed E-state index contributed by atoms with van der Waals surface area (Å²) in [6.07, 6.45) is 3.86. The molecule has 0 saturated heterocycles. The predicted molar refractivity (Wildman–Crippen MR) is 119 cm³/mol. The second-order valence-corrected chi connectivity index (χ2v) is 9.63. The second-order valence-electron chi connectivity index (χ2n) is 7.94. The number of sulfonamides is 1. The normalized spacial score (nSPS) is 18.9. The number of benzene rings is 2. The zero-order valence-electron chi connectivity index (χ0n) is 18.0. The van der Waals surface area contributed by atoms with E-state index in [1.165, 1.54) is 32.2 Å². The fraction of sp³-hybridized carbons (Fsp3) is 0.391. The number of hydrogen-bond acceptors (Lipinski definition) is 5. The number of anilines is 1. The van der Waals surface area contributed by atoms with Gasteiger partial charge >= 0.3 is 0 Å². The Balaban J connectivity index is 1.83. The number of hydrogen-bond donors (Lipinski definition) is 2. The van der Waals surface area contributed by atoms with Gasteiger partial charge in [0.15, 0.2) is 5.78 Å². The maximum Gasteiger partial charge on any atom is 0.255 e. The molecule has 3 rings (SSSR count). The minimum absolute atomic E-state index is 0.0626. The van der Waals surface area contributed by atoms with Crippen molar-refractivity contribution < 1.29 is 22.7 Å². The number of ketones is 1. The zero-order chi connectivity index (χ0) is 22.6. The first-order chi connectivity index (χ1) is 14.7. The first kappa shape index (κ1) is 23.0. The van der Waals surface area contributed by atoms with Gasteiger partial charge < -0.3 is 10.1 Å². The smallest absolute Gasteiger partial charge is 0.255 e. The van der Waals surface area contributed by atoms with Gasteiger partial charge in [-0.3, -0.25) is 9.59 Å². The van der Waals surface area contributed by atoms with E-state index < -0.39 is 15.9 Å². The minimum Gasteiger partial charge on any atom is -0.495 e. The van der Waals surface area contributed by atoms with E-state index in [9.17, 15) is 18.0 Å². The highest BCUT2D eigenvalue weighted by atomic mass is 32.2. The topological polar surface area (TPSA) is 102 Å². The van der Waals surface area contributed by atoms with Crippen LogP contribution in [0.25, 0.3) is 0 Å². The molecule has 0 radical (unpaired) electrons. The number of ether oxygens (including phenoxy) is 1. The molecule has 1 saturated carbocycles. The Morgan fingerprint density at radius 1 is 1.00 bits per heavy atom. The highest BCUT2D eigenvalue weighted by Gasteiger charge is 2.29. The Morgan fingerprint density at radius 3 is 2.26 bits per heavy atom. The van der Waals surface area contributed by atoms with Crippen molar-refractivity contribution >= 4 is 27.4 Å². The van der Waals surface area contributed by atoms with Crippen LogP contribution in [0, 0.1) is 5.92 Å². The first-order valence-corrected chi connectivity index (χ1v) is 11.8. The SMILES string of the molecule is COc1ccc(C(=O)Nc2ccc(C(C)=O)cc2)cc1S(=O)(=O)NC1CCCCC1C. The summed E-state index contributed by atoms with van der Waals surface area (Å²) >= 11 is 0. The van der Waals surface area contributed by atoms with Crippen LogP contribution in [0.4, 0.5) is 5.69 Å². The molecule has 0 aromatic heterocycles. The molecule has 1 aliphatic carbocycles. The molecule has 0 bridgehead atoms. The van der Waals surface area contributed by atoms with Crippen LogP contribution in [0.3, 0.4) is 0 Å². The summed E-state index contributed by atoms with van der Waals surface area (Å²) in [5.74, 6) is -0.0966. The molecule has 8 heteroatoms. The Kier molecular flexibility index (Phi) is 7.12. The molecule has 0 aliphatic heterocycles. The van der Waals surface area contributed by atoms with E-state index in [1.807, 2.05) is 6.92 Å². The molecule has 1 amide bonds. The van der Waals surface area contributed by atoms with Crippen molar-refractivity contribution in [1.82, 2.24) is 4.72 Å². The van der Waals surface area contributed by atoms with E-state index in [1.54, 1.807) is 24.3 Å². The van der Waals surface area contributed by atoms with E-state index in [2.05, 4.69) is 10.0 Å². The fourth-order valence-electron chi connectivity index (χ4n) is 3.77. The number of nitrogens with one attached hydrogen (secondary N) is 2. The lowest BCUT2D eigenvalue weighted by Gasteiger charge is -2.29. The van der Waals surface area contributed by atoms with E-state index in [0.717, 1.165) is 25.7 Å². The van der Waals surface area contributed by atoms with E-state index in [-0.39, 0.29) is 34.0 Å². The average molecular weight is 445 g/mol. The van der Waals surface area contributed by atoms with Crippen molar-refractivity contribution in [3.63, 3.8) is 0 Å². The standard InChI is InChI=1S/C23H28N2O5S/c1-15-6-4-5-7-20(15)25-31(28,29)22-14-18(10-13-21(22)30-3)23(27)24-19-11-8-17(9-12-19)16(2)26/h8-15,20,25H,4-7H2,1-3H3,(H,24,27). The van der Waals surface area contributed by atoms with E-state index in [0.29, 0.717) is 11.3 Å². The van der Waals surface area contributed by atoms with Gasteiger partial charge in [-0.2, -0.15) is 0 Å². The molecule has 1 fully saturated rings. The lowest BCUT2D eigenvalue weighted by molar-refractivity contribution is 0.101. The monoisotopic (exact) mass is 444 g/mol. The number of methoxy groups -OCH3 is 1. The fourth-order valence-corrected chi connectivity index (χ4v) is 5.35. The van der Waals surface area contributed by atoms with Crippen LogP contribution in [0.2, 0.25) is 0 Å². The van der Waals surface area contributed by atoms with Crippen molar-refractivity contribution in [2.75, 3.05) is 12.4 Å². The third kappa shape index (κ3) is 5.51. The lowest BCUT2D eigenvalue weighted by Crippen LogP contribution is -2.41. The summed E-state index contributed by atoms with van der Waals surface area (Å²) in [5.41, 5.74) is 1.23. The number of carbonyl (C=O) groups is 2. The van der Waals surface area contributed by atoms with Crippen molar-refractivity contribution in [3.05, 3.63) is 53.6 Å². The molecular weight excluding hydrogens is 416 g/mol. The van der Waals surface area contributed by atoms with Crippen LogP contribution in [0.15, 0.2) is 47.4 Å². The summed E-state index contributed by atoms with van der Waals surface area (Å²) in [4.78, 5) is 24.1. The molecule has 166 valence electrons. The van der Waals surface area contributed by atoms with Gasteiger partial charge in [0, 0.05) is 22.9 Å². The summed E-state index contributed by atoms with van der Waals surface area (Å²) in [6, 6.07) is 10.7. The average Bonchev–Trinajstić information content (AvgIpc) is 2.75. The number of carbonyl (C=O) groups excluding carboxylic acids is 2. The van der Waals surface area contributed by atoms with E-state index in [4.69, 9.17) is 4.74 Å². The highest BCUT2D eigenvalue weighted by molar-refractivity contribution is 7.89. The number of amides is 1. The zero-order valence-corrected chi connectivity index (χ0v) is 18.8.